The summed E-state index contributed by atoms with van der Waals surface area (Å²) < 4.78 is 7.91. The summed E-state index contributed by atoms with van der Waals surface area (Å²) in [5, 5.41) is 4.62. The Hall–Kier alpha value is -1.98. The fourth-order valence-electron chi connectivity index (χ4n) is 2.56. The third kappa shape index (κ3) is 7.89. The lowest BCUT2D eigenvalue weighted by atomic mass is 10.2. The molecule has 1 aromatic heterocycles. The Morgan fingerprint density at radius 2 is 1.87 bits per heavy atom. The fraction of sp³-hybridized carbons (Fsp3) is 0.182. The number of benzene rings is 2. The molecule has 160 valence electrons. The number of hydrazone groups is 1. The number of nitrogens with one attached hydrogen (secondary N) is 1. The molecular formula is C22H20BrIN4O2S. The zero-order valence-electron chi connectivity index (χ0n) is 16.9. The largest absolute Gasteiger partial charge is 0.488 e. The number of halogens is 2. The van der Waals surface area contributed by atoms with E-state index in [1.54, 1.807) is 6.21 Å². The molecule has 0 atom stereocenters. The third-order valence-corrected chi connectivity index (χ3v) is 6.18. The number of hydrogen-bond donors (Lipinski definition) is 1. The van der Waals surface area contributed by atoms with Crippen molar-refractivity contribution in [2.75, 3.05) is 5.75 Å². The van der Waals surface area contributed by atoms with Gasteiger partial charge in [0.05, 0.1) is 15.5 Å². The molecule has 6 nitrogen and oxygen atoms in total. The zero-order chi connectivity index (χ0) is 22.2. The number of amides is 1. The number of nitrogens with zero attached hydrogens (tertiary/aromatic N) is 3. The van der Waals surface area contributed by atoms with E-state index >= 15 is 0 Å². The lowest BCUT2D eigenvalue weighted by Gasteiger charge is -2.09. The summed E-state index contributed by atoms with van der Waals surface area (Å²) >= 11 is 6.94. The third-order valence-electron chi connectivity index (χ3n) is 3.96. The van der Waals surface area contributed by atoms with Gasteiger partial charge in [-0.3, -0.25) is 4.79 Å². The van der Waals surface area contributed by atoms with Crippen LogP contribution >= 0.6 is 50.3 Å². The molecule has 0 saturated carbocycles. The van der Waals surface area contributed by atoms with Crippen molar-refractivity contribution in [1.82, 2.24) is 15.4 Å². The Morgan fingerprint density at radius 3 is 2.55 bits per heavy atom. The number of ether oxygens (including phenoxy) is 1. The molecule has 0 saturated heterocycles. The Balaban J connectivity index is 1.48. The van der Waals surface area contributed by atoms with Gasteiger partial charge in [-0.2, -0.15) is 5.10 Å². The molecule has 0 unspecified atom stereocenters. The summed E-state index contributed by atoms with van der Waals surface area (Å²) in [6.45, 7) is 4.30. The molecule has 0 bridgehead atoms. The first-order chi connectivity index (χ1) is 14.9. The van der Waals surface area contributed by atoms with Gasteiger partial charge in [-0.05, 0) is 84.0 Å². The van der Waals surface area contributed by atoms with Crippen LogP contribution in [-0.4, -0.2) is 27.8 Å². The summed E-state index contributed by atoms with van der Waals surface area (Å²) in [5.74, 6) is 0.781. The summed E-state index contributed by atoms with van der Waals surface area (Å²) in [7, 11) is 0. The first-order valence-electron chi connectivity index (χ1n) is 9.33. The molecule has 0 aliphatic carbocycles. The standard InChI is InChI=1S/C22H20BrIN4O2S/c1-14-9-15(2)27-22(26-14)31-13-21(29)28-25-11-17-5-8-20(19(24)10-17)30-12-16-3-6-18(23)7-4-16/h3-11H,12-13H2,1-2H3,(H,28,29)/b25-11-. The highest BCUT2D eigenvalue weighted by atomic mass is 127. The summed E-state index contributed by atoms with van der Waals surface area (Å²) in [5.41, 5.74) is 6.26. The maximum absolute atomic E-state index is 12.0. The van der Waals surface area contributed by atoms with Gasteiger partial charge in [0.15, 0.2) is 5.16 Å². The van der Waals surface area contributed by atoms with E-state index in [0.29, 0.717) is 11.8 Å². The molecule has 1 amide bonds. The molecule has 0 radical (unpaired) electrons. The van der Waals surface area contributed by atoms with E-state index in [9.17, 15) is 4.79 Å². The van der Waals surface area contributed by atoms with E-state index < -0.39 is 0 Å². The molecular weight excluding hydrogens is 591 g/mol. The maximum Gasteiger partial charge on any atom is 0.250 e. The number of rotatable bonds is 8. The average Bonchev–Trinajstić information content (AvgIpc) is 2.72. The topological polar surface area (TPSA) is 76.5 Å². The van der Waals surface area contributed by atoms with Crippen molar-refractivity contribution < 1.29 is 9.53 Å². The molecule has 0 aliphatic heterocycles. The van der Waals surface area contributed by atoms with Crippen LogP contribution in [0.25, 0.3) is 0 Å². The molecule has 2 aromatic carbocycles. The lowest BCUT2D eigenvalue weighted by molar-refractivity contribution is -0.118. The molecule has 1 N–H and O–H groups in total. The predicted molar refractivity (Wildman–Crippen MR) is 136 cm³/mol. The van der Waals surface area contributed by atoms with E-state index in [1.807, 2.05) is 62.4 Å². The second kappa shape index (κ2) is 11.6. The molecule has 9 heteroatoms. The van der Waals surface area contributed by atoms with Gasteiger partial charge in [-0.15, -0.1) is 0 Å². The Labute approximate surface area is 207 Å². The van der Waals surface area contributed by atoms with E-state index in [4.69, 9.17) is 4.74 Å². The van der Waals surface area contributed by atoms with Gasteiger partial charge >= 0.3 is 0 Å². The first kappa shape index (κ1) is 23.7. The highest BCUT2D eigenvalue weighted by Crippen LogP contribution is 2.23. The van der Waals surface area contributed by atoms with Gasteiger partial charge in [0, 0.05) is 15.9 Å². The van der Waals surface area contributed by atoms with Crippen molar-refractivity contribution in [2.45, 2.75) is 25.6 Å². The predicted octanol–water partition coefficient (Wildman–Crippen LogP) is 5.28. The SMILES string of the molecule is Cc1cc(C)nc(SCC(=O)N/N=C\c2ccc(OCc3ccc(Br)cc3)c(I)c2)n1. The van der Waals surface area contributed by atoms with Gasteiger partial charge in [-0.1, -0.05) is 39.8 Å². The first-order valence-corrected chi connectivity index (χ1v) is 12.2. The number of aryl methyl sites for hydroxylation is 2. The second-order valence-corrected chi connectivity index (χ2v) is 9.64. The van der Waals surface area contributed by atoms with Gasteiger partial charge in [0.1, 0.15) is 12.4 Å². The number of carbonyl (C=O) groups is 1. The minimum atomic E-state index is -0.215. The summed E-state index contributed by atoms with van der Waals surface area (Å²) in [6.07, 6.45) is 1.61. The quantitative estimate of drug-likeness (QED) is 0.123. The van der Waals surface area contributed by atoms with Crippen LogP contribution in [0, 0.1) is 17.4 Å². The van der Waals surface area contributed by atoms with Crippen molar-refractivity contribution in [3.05, 3.63) is 79.1 Å². The van der Waals surface area contributed by atoms with Crippen LogP contribution in [0.4, 0.5) is 0 Å². The van der Waals surface area contributed by atoms with E-state index in [1.165, 1.54) is 11.8 Å². The van der Waals surface area contributed by atoms with Crippen LogP contribution in [0.2, 0.25) is 0 Å². The van der Waals surface area contributed by atoms with Crippen LogP contribution in [0.5, 0.6) is 5.75 Å². The van der Waals surface area contributed by atoms with E-state index in [-0.39, 0.29) is 11.7 Å². The van der Waals surface area contributed by atoms with Crippen molar-refractivity contribution in [2.24, 2.45) is 5.10 Å². The van der Waals surface area contributed by atoms with Crippen molar-refractivity contribution in [1.29, 1.82) is 0 Å². The van der Waals surface area contributed by atoms with Crippen LogP contribution in [0.15, 0.2) is 63.3 Å². The molecule has 0 aliphatic rings. The molecule has 1 heterocycles. The lowest BCUT2D eigenvalue weighted by Crippen LogP contribution is -2.19. The molecule has 0 fully saturated rings. The van der Waals surface area contributed by atoms with Crippen molar-refractivity contribution in [3.8, 4) is 5.75 Å². The van der Waals surface area contributed by atoms with Gasteiger partial charge in [0.25, 0.3) is 5.91 Å². The fourth-order valence-corrected chi connectivity index (χ4v) is 4.26. The van der Waals surface area contributed by atoms with Crippen LogP contribution in [0.3, 0.4) is 0 Å². The Morgan fingerprint density at radius 1 is 1.16 bits per heavy atom. The number of hydrogen-bond acceptors (Lipinski definition) is 6. The van der Waals surface area contributed by atoms with E-state index in [0.717, 1.165) is 36.3 Å². The highest BCUT2D eigenvalue weighted by molar-refractivity contribution is 14.1. The van der Waals surface area contributed by atoms with Gasteiger partial charge in [-0.25, -0.2) is 15.4 Å². The normalized spacial score (nSPS) is 11.0. The van der Waals surface area contributed by atoms with Gasteiger partial charge < -0.3 is 4.74 Å². The Bertz CT molecular complexity index is 1070. The van der Waals surface area contributed by atoms with Crippen LogP contribution in [-0.2, 0) is 11.4 Å². The van der Waals surface area contributed by atoms with Crippen LogP contribution in [0.1, 0.15) is 22.5 Å². The second-order valence-electron chi connectivity index (χ2n) is 6.62. The van der Waals surface area contributed by atoms with Crippen molar-refractivity contribution in [3.63, 3.8) is 0 Å². The number of thioether (sulfide) groups is 1. The molecule has 3 aromatic rings. The van der Waals surface area contributed by atoms with Crippen molar-refractivity contribution >= 4 is 62.4 Å². The molecule has 3 rings (SSSR count). The number of aromatic nitrogens is 2. The van der Waals surface area contributed by atoms with Gasteiger partial charge in [0.2, 0.25) is 0 Å². The minimum absolute atomic E-state index is 0.195. The smallest absolute Gasteiger partial charge is 0.250 e. The number of carbonyl (C=O) groups excluding carboxylic acids is 1. The maximum atomic E-state index is 12.0. The minimum Gasteiger partial charge on any atom is -0.488 e. The molecule has 31 heavy (non-hydrogen) atoms. The molecule has 0 spiro atoms. The van der Waals surface area contributed by atoms with E-state index in [2.05, 4.69) is 59.0 Å². The zero-order valence-corrected chi connectivity index (χ0v) is 21.5. The highest BCUT2D eigenvalue weighted by Gasteiger charge is 2.06. The van der Waals surface area contributed by atoms with Crippen LogP contribution < -0.4 is 10.2 Å². The summed E-state index contributed by atoms with van der Waals surface area (Å²) in [6, 6.07) is 15.7. The Kier molecular flexibility index (Phi) is 8.85. The average molecular weight is 611 g/mol. The summed E-state index contributed by atoms with van der Waals surface area (Å²) in [4.78, 5) is 20.6. The monoisotopic (exact) mass is 610 g/mol.